The van der Waals surface area contributed by atoms with Crippen LogP contribution in [0.4, 0.5) is 24.5 Å². The number of benzene rings is 2. The third-order valence-electron chi connectivity index (χ3n) is 6.55. The Balaban J connectivity index is 1.61. The van der Waals surface area contributed by atoms with Gasteiger partial charge >= 0.3 is 6.18 Å². The molecule has 0 saturated heterocycles. The molecule has 1 aliphatic rings. The van der Waals surface area contributed by atoms with E-state index >= 15 is 0 Å². The van der Waals surface area contributed by atoms with Crippen LogP contribution in [0.2, 0.25) is 0 Å². The number of furan rings is 1. The lowest BCUT2D eigenvalue weighted by Crippen LogP contribution is -2.31. The molecule has 0 bridgehead atoms. The van der Waals surface area contributed by atoms with Crippen LogP contribution in [0.1, 0.15) is 42.2 Å². The van der Waals surface area contributed by atoms with Gasteiger partial charge < -0.3 is 20.4 Å². The number of allylic oxidation sites excluding steroid dienone is 2. The molecule has 3 N–H and O–H groups in total. The molecule has 2 heterocycles. The van der Waals surface area contributed by atoms with Crippen molar-refractivity contribution >= 4 is 35.0 Å². The maximum atomic E-state index is 13.7. The number of amides is 2. The monoisotopic (exact) mass is 580 g/mol. The zero-order valence-electron chi connectivity index (χ0n) is 22.5. The van der Waals surface area contributed by atoms with Crippen LogP contribution in [0.25, 0.3) is 0 Å². The summed E-state index contributed by atoms with van der Waals surface area (Å²) in [7, 11) is 0. The van der Waals surface area contributed by atoms with E-state index < -0.39 is 29.5 Å². The van der Waals surface area contributed by atoms with E-state index in [4.69, 9.17) is 4.42 Å². The van der Waals surface area contributed by atoms with Crippen molar-refractivity contribution in [2.45, 2.75) is 39.3 Å². The van der Waals surface area contributed by atoms with E-state index in [0.717, 1.165) is 29.0 Å². The maximum Gasteiger partial charge on any atom is 0.418 e. The van der Waals surface area contributed by atoms with Crippen molar-refractivity contribution in [2.75, 3.05) is 16.4 Å². The molecule has 0 aliphatic carbocycles. The fourth-order valence-corrected chi connectivity index (χ4v) is 5.51. The van der Waals surface area contributed by atoms with Gasteiger partial charge in [0.15, 0.2) is 0 Å². The summed E-state index contributed by atoms with van der Waals surface area (Å²) in [6.07, 6.45) is -2.50. The number of dihydropyridines is 1. The third kappa shape index (κ3) is 6.49. The van der Waals surface area contributed by atoms with Crippen molar-refractivity contribution in [1.82, 2.24) is 5.32 Å². The predicted octanol–water partition coefficient (Wildman–Crippen LogP) is 6.88. The first kappa shape index (κ1) is 29.6. The number of carbonyl (C=O) groups excluding carboxylic acids is 2. The lowest BCUT2D eigenvalue weighted by Gasteiger charge is -2.28. The summed E-state index contributed by atoms with van der Waals surface area (Å²) < 4.78 is 45.6. The summed E-state index contributed by atoms with van der Waals surface area (Å²) >= 11 is 0.947. The molecule has 1 unspecified atom stereocenters. The van der Waals surface area contributed by atoms with Gasteiger partial charge in [0.05, 0.1) is 51.4 Å². The van der Waals surface area contributed by atoms with Crippen molar-refractivity contribution in [3.63, 3.8) is 0 Å². The lowest BCUT2D eigenvalue weighted by atomic mass is 9.85. The number of rotatable bonds is 8. The third-order valence-corrected chi connectivity index (χ3v) is 7.57. The predicted molar refractivity (Wildman–Crippen MR) is 152 cm³/mol. The number of para-hydroxylation sites is 2. The number of alkyl halides is 3. The van der Waals surface area contributed by atoms with Gasteiger partial charge in [-0.25, -0.2) is 0 Å². The Bertz CT molecular complexity index is 1570. The van der Waals surface area contributed by atoms with Gasteiger partial charge in [0.2, 0.25) is 5.91 Å². The van der Waals surface area contributed by atoms with Crippen molar-refractivity contribution in [3.8, 4) is 6.07 Å². The van der Waals surface area contributed by atoms with Crippen LogP contribution in [0.5, 0.6) is 0 Å². The molecule has 1 aliphatic heterocycles. The highest BCUT2D eigenvalue weighted by molar-refractivity contribution is 8.03. The van der Waals surface area contributed by atoms with Gasteiger partial charge in [0.25, 0.3) is 5.91 Å². The summed E-state index contributed by atoms with van der Waals surface area (Å²) in [6.45, 7) is 5.56. The number of thioether (sulfide) groups is 1. The molecule has 0 spiro atoms. The van der Waals surface area contributed by atoms with Gasteiger partial charge in [0, 0.05) is 11.4 Å². The Morgan fingerprint density at radius 3 is 2.49 bits per heavy atom. The molecule has 7 nitrogen and oxygen atoms in total. The van der Waals surface area contributed by atoms with Crippen LogP contribution in [-0.4, -0.2) is 17.6 Å². The molecule has 41 heavy (non-hydrogen) atoms. The van der Waals surface area contributed by atoms with E-state index in [2.05, 4.69) is 22.0 Å². The van der Waals surface area contributed by atoms with Gasteiger partial charge in [-0.05, 0) is 55.7 Å². The smallest absolute Gasteiger partial charge is 0.418 e. The molecule has 3 aromatic rings. The van der Waals surface area contributed by atoms with Crippen LogP contribution >= 0.6 is 11.8 Å². The van der Waals surface area contributed by atoms with E-state index in [1.54, 1.807) is 19.1 Å². The summed E-state index contributed by atoms with van der Waals surface area (Å²) in [5, 5.41) is 18.8. The summed E-state index contributed by atoms with van der Waals surface area (Å²) in [6, 6.07) is 15.9. The van der Waals surface area contributed by atoms with E-state index in [-0.39, 0.29) is 22.6 Å². The number of nitrogens with zero attached hydrogens (tertiary/aromatic N) is 1. The van der Waals surface area contributed by atoms with E-state index in [1.807, 2.05) is 32.0 Å². The average molecular weight is 581 g/mol. The molecule has 11 heteroatoms. The lowest BCUT2D eigenvalue weighted by molar-refractivity contribution is -0.137. The largest absolute Gasteiger partial charge is 0.468 e. The van der Waals surface area contributed by atoms with Crippen molar-refractivity contribution < 1.29 is 27.2 Å². The molecule has 1 atom stereocenters. The number of hydrogen-bond acceptors (Lipinski definition) is 6. The second kappa shape index (κ2) is 12.4. The van der Waals surface area contributed by atoms with Gasteiger partial charge in [-0.2, -0.15) is 18.4 Å². The molecule has 0 fully saturated rings. The molecule has 0 radical (unpaired) electrons. The second-order valence-electron chi connectivity index (χ2n) is 9.26. The number of anilines is 2. The average Bonchev–Trinajstić information content (AvgIpc) is 3.47. The summed E-state index contributed by atoms with van der Waals surface area (Å²) in [5.74, 6) is -1.91. The second-order valence-corrected chi connectivity index (χ2v) is 10.2. The highest BCUT2D eigenvalue weighted by atomic mass is 32.2. The quantitative estimate of drug-likeness (QED) is 0.268. The Morgan fingerprint density at radius 1 is 1.07 bits per heavy atom. The summed E-state index contributed by atoms with van der Waals surface area (Å²) in [4.78, 5) is 26.4. The number of aryl methyl sites for hydroxylation is 2. The van der Waals surface area contributed by atoms with Crippen LogP contribution in [0, 0.1) is 18.3 Å². The van der Waals surface area contributed by atoms with Gasteiger partial charge in [0.1, 0.15) is 5.76 Å². The normalized spacial score (nSPS) is 15.3. The van der Waals surface area contributed by atoms with Crippen LogP contribution < -0.4 is 16.0 Å². The molecule has 212 valence electrons. The van der Waals surface area contributed by atoms with Crippen LogP contribution in [0.3, 0.4) is 0 Å². The van der Waals surface area contributed by atoms with E-state index in [1.165, 1.54) is 24.5 Å². The van der Waals surface area contributed by atoms with E-state index in [0.29, 0.717) is 28.6 Å². The topological polar surface area (TPSA) is 107 Å². The Labute approximate surface area is 239 Å². The minimum absolute atomic E-state index is 0.143. The number of hydrogen-bond donors (Lipinski definition) is 3. The highest BCUT2D eigenvalue weighted by Crippen LogP contribution is 2.41. The van der Waals surface area contributed by atoms with Gasteiger partial charge in [-0.1, -0.05) is 49.0 Å². The molecular weight excluding hydrogens is 553 g/mol. The first-order valence-corrected chi connectivity index (χ1v) is 13.7. The Kier molecular flexibility index (Phi) is 8.93. The van der Waals surface area contributed by atoms with E-state index in [9.17, 15) is 28.0 Å². The van der Waals surface area contributed by atoms with Crippen molar-refractivity contribution in [3.05, 3.63) is 105 Å². The fraction of sp³-hybridized carbons (Fsp3) is 0.233. The molecule has 0 saturated carbocycles. The number of carbonyl (C=O) groups is 2. The zero-order valence-corrected chi connectivity index (χ0v) is 23.3. The first-order chi connectivity index (χ1) is 19.5. The molecule has 1 aromatic heterocycles. The highest BCUT2D eigenvalue weighted by Gasteiger charge is 2.37. The number of nitrogens with one attached hydrogen (secondary N) is 3. The Morgan fingerprint density at radius 2 is 1.83 bits per heavy atom. The zero-order chi connectivity index (χ0) is 29.7. The molecule has 2 aromatic carbocycles. The van der Waals surface area contributed by atoms with Crippen LogP contribution in [0.15, 0.2) is 87.1 Å². The Hall–Kier alpha value is -4.43. The standard InChI is InChI=1S/C30H27F3N4O3S/c1-4-19-10-7-9-17(2)27(19)37-28(39)25-18(3)35-29(20(15-34)26(25)23-13-8-14-40-23)41-16-24(38)36-22-12-6-5-11-21(22)30(31,32)33/h5-14,26,35H,4,16H2,1-3H3,(H,36,38)(H,37,39). The molecule has 4 rings (SSSR count). The number of nitriles is 1. The fourth-order valence-electron chi connectivity index (χ4n) is 4.61. The molecular formula is C30H27F3N4O3S. The van der Waals surface area contributed by atoms with Crippen molar-refractivity contribution in [2.24, 2.45) is 0 Å². The summed E-state index contributed by atoms with van der Waals surface area (Å²) in [5.41, 5.74) is 2.08. The minimum Gasteiger partial charge on any atom is -0.468 e. The minimum atomic E-state index is -4.64. The van der Waals surface area contributed by atoms with Crippen molar-refractivity contribution in [1.29, 1.82) is 5.26 Å². The van der Waals surface area contributed by atoms with Gasteiger partial charge in [-0.3, -0.25) is 9.59 Å². The SMILES string of the molecule is CCc1cccc(C)c1NC(=O)C1=C(C)NC(SCC(=O)Nc2ccccc2C(F)(F)F)=C(C#N)C1c1ccco1. The van der Waals surface area contributed by atoms with Gasteiger partial charge in [-0.15, -0.1) is 0 Å². The van der Waals surface area contributed by atoms with Crippen LogP contribution in [-0.2, 0) is 22.2 Å². The first-order valence-electron chi connectivity index (χ1n) is 12.7. The maximum absolute atomic E-state index is 13.7. The number of halogens is 3. The molecule has 2 amide bonds.